The van der Waals surface area contributed by atoms with E-state index in [0.717, 1.165) is 23.5 Å². The summed E-state index contributed by atoms with van der Waals surface area (Å²) in [5.41, 5.74) is 10.6. The highest BCUT2D eigenvalue weighted by Crippen LogP contribution is 2.14. The molecule has 1 aromatic heterocycles. The Bertz CT molecular complexity index is 884. The lowest BCUT2D eigenvalue weighted by Gasteiger charge is -2.22. The molecule has 0 radical (unpaired) electrons. The zero-order chi connectivity index (χ0) is 19.2. The van der Waals surface area contributed by atoms with Gasteiger partial charge in [-0.1, -0.05) is 30.3 Å². The zero-order valence-corrected chi connectivity index (χ0v) is 15.9. The first-order valence-electron chi connectivity index (χ1n) is 9.25. The Kier molecular flexibility index (Phi) is 6.04. The molecule has 2 N–H and O–H groups in total. The molecule has 3 aromatic rings. The van der Waals surface area contributed by atoms with Gasteiger partial charge in [0.2, 0.25) is 0 Å². The fourth-order valence-electron chi connectivity index (χ4n) is 3.20. The highest BCUT2D eigenvalue weighted by molar-refractivity contribution is 5.94. The van der Waals surface area contributed by atoms with Crippen LogP contribution in [0.4, 0.5) is 0 Å². The fraction of sp³-hybridized carbons (Fsp3) is 0.273. The van der Waals surface area contributed by atoms with Crippen LogP contribution in [0.5, 0.6) is 0 Å². The molecule has 140 valence electrons. The van der Waals surface area contributed by atoms with Gasteiger partial charge in [-0.2, -0.15) is 5.10 Å². The van der Waals surface area contributed by atoms with Crippen LogP contribution in [0.2, 0.25) is 0 Å². The molecule has 0 aliphatic rings. The molecule has 1 heterocycles. The maximum absolute atomic E-state index is 12.9. The summed E-state index contributed by atoms with van der Waals surface area (Å²) in [6.45, 7) is 5.64. The maximum Gasteiger partial charge on any atom is 0.253 e. The SMILES string of the molecule is Cc1cc(C)n(-c2ccc(C(=O)N(CCN)CCc3ccccc3)cc2)n1. The van der Waals surface area contributed by atoms with Crippen molar-refractivity contribution in [2.75, 3.05) is 19.6 Å². The molecule has 3 rings (SSSR count). The van der Waals surface area contributed by atoms with E-state index in [1.165, 1.54) is 5.56 Å². The van der Waals surface area contributed by atoms with Crippen molar-refractivity contribution in [1.29, 1.82) is 0 Å². The molecular weight excluding hydrogens is 336 g/mol. The minimum atomic E-state index is 0.0105. The number of hydrogen-bond acceptors (Lipinski definition) is 3. The van der Waals surface area contributed by atoms with Crippen LogP contribution in [0.15, 0.2) is 60.7 Å². The monoisotopic (exact) mass is 362 g/mol. The Labute approximate surface area is 160 Å². The van der Waals surface area contributed by atoms with Gasteiger partial charge in [0.1, 0.15) is 0 Å². The molecule has 0 saturated carbocycles. The van der Waals surface area contributed by atoms with Gasteiger partial charge in [-0.15, -0.1) is 0 Å². The number of rotatable bonds is 7. The van der Waals surface area contributed by atoms with Crippen molar-refractivity contribution in [3.63, 3.8) is 0 Å². The van der Waals surface area contributed by atoms with Crippen molar-refractivity contribution in [2.24, 2.45) is 5.73 Å². The van der Waals surface area contributed by atoms with Crippen LogP contribution in [0.3, 0.4) is 0 Å². The van der Waals surface area contributed by atoms with Crippen molar-refractivity contribution >= 4 is 5.91 Å². The number of aryl methyl sites for hydroxylation is 2. The van der Waals surface area contributed by atoms with Crippen molar-refractivity contribution in [1.82, 2.24) is 14.7 Å². The Morgan fingerprint density at radius 1 is 1.04 bits per heavy atom. The lowest BCUT2D eigenvalue weighted by atomic mass is 10.1. The number of nitrogens with two attached hydrogens (primary N) is 1. The summed E-state index contributed by atoms with van der Waals surface area (Å²) in [7, 11) is 0. The van der Waals surface area contributed by atoms with Crippen molar-refractivity contribution in [2.45, 2.75) is 20.3 Å². The Hall–Kier alpha value is -2.92. The molecule has 0 unspecified atom stereocenters. The third-order valence-electron chi connectivity index (χ3n) is 4.57. The summed E-state index contributed by atoms with van der Waals surface area (Å²) in [6, 6.07) is 19.8. The topological polar surface area (TPSA) is 64.2 Å². The molecule has 27 heavy (non-hydrogen) atoms. The molecule has 0 saturated heterocycles. The van der Waals surface area contributed by atoms with Gasteiger partial charge < -0.3 is 10.6 Å². The van der Waals surface area contributed by atoms with E-state index in [-0.39, 0.29) is 5.91 Å². The number of aromatic nitrogens is 2. The second-order valence-corrected chi connectivity index (χ2v) is 6.70. The van der Waals surface area contributed by atoms with Crippen molar-refractivity contribution < 1.29 is 4.79 Å². The summed E-state index contributed by atoms with van der Waals surface area (Å²) >= 11 is 0. The fourth-order valence-corrected chi connectivity index (χ4v) is 3.20. The average Bonchev–Trinajstić information content (AvgIpc) is 3.03. The van der Waals surface area contributed by atoms with E-state index in [4.69, 9.17) is 5.73 Å². The molecular formula is C22H26N4O. The number of carbonyl (C=O) groups excluding carboxylic acids is 1. The van der Waals surface area contributed by atoms with Crippen LogP contribution in [-0.2, 0) is 6.42 Å². The zero-order valence-electron chi connectivity index (χ0n) is 15.9. The van der Waals surface area contributed by atoms with Gasteiger partial charge in [0, 0.05) is 30.9 Å². The molecule has 0 spiro atoms. The largest absolute Gasteiger partial charge is 0.337 e. The highest BCUT2D eigenvalue weighted by atomic mass is 16.2. The summed E-state index contributed by atoms with van der Waals surface area (Å²) in [5.74, 6) is 0.0105. The summed E-state index contributed by atoms with van der Waals surface area (Å²) in [5, 5.41) is 4.49. The molecule has 0 bridgehead atoms. The molecule has 0 aliphatic carbocycles. The summed E-state index contributed by atoms with van der Waals surface area (Å²) in [4.78, 5) is 14.7. The summed E-state index contributed by atoms with van der Waals surface area (Å²) < 4.78 is 1.89. The second-order valence-electron chi connectivity index (χ2n) is 6.70. The van der Waals surface area contributed by atoms with E-state index < -0.39 is 0 Å². The minimum absolute atomic E-state index is 0.0105. The van der Waals surface area contributed by atoms with Gasteiger partial charge in [0.25, 0.3) is 5.91 Å². The van der Waals surface area contributed by atoms with Gasteiger partial charge >= 0.3 is 0 Å². The van der Waals surface area contributed by atoms with Gasteiger partial charge in [-0.3, -0.25) is 4.79 Å². The number of carbonyl (C=O) groups is 1. The average molecular weight is 362 g/mol. The van der Waals surface area contributed by atoms with Gasteiger partial charge in [-0.25, -0.2) is 4.68 Å². The molecule has 1 amide bonds. The van der Waals surface area contributed by atoms with Gasteiger partial charge in [-0.05, 0) is 56.2 Å². The number of nitrogens with zero attached hydrogens (tertiary/aromatic N) is 3. The normalized spacial score (nSPS) is 10.8. The number of amides is 1. The third kappa shape index (κ3) is 4.63. The van der Waals surface area contributed by atoms with E-state index in [0.29, 0.717) is 25.2 Å². The first kappa shape index (κ1) is 18.9. The second kappa shape index (κ2) is 8.64. The molecule has 0 aliphatic heterocycles. The van der Waals surface area contributed by atoms with E-state index in [1.54, 1.807) is 0 Å². The molecule has 2 aromatic carbocycles. The summed E-state index contributed by atoms with van der Waals surface area (Å²) in [6.07, 6.45) is 0.816. The molecule has 0 fully saturated rings. The number of hydrogen-bond donors (Lipinski definition) is 1. The van der Waals surface area contributed by atoms with Crippen LogP contribution < -0.4 is 5.73 Å². The van der Waals surface area contributed by atoms with Crippen LogP contribution >= 0.6 is 0 Å². The third-order valence-corrected chi connectivity index (χ3v) is 4.57. The van der Waals surface area contributed by atoms with Crippen LogP contribution in [-0.4, -0.2) is 40.2 Å². The Balaban J connectivity index is 1.72. The lowest BCUT2D eigenvalue weighted by Crippen LogP contribution is -2.36. The van der Waals surface area contributed by atoms with Crippen LogP contribution in [0.25, 0.3) is 5.69 Å². The Morgan fingerprint density at radius 2 is 1.74 bits per heavy atom. The lowest BCUT2D eigenvalue weighted by molar-refractivity contribution is 0.0762. The van der Waals surface area contributed by atoms with Gasteiger partial charge in [0.15, 0.2) is 0 Å². The Morgan fingerprint density at radius 3 is 2.33 bits per heavy atom. The molecule has 5 nitrogen and oxygen atoms in total. The van der Waals surface area contributed by atoms with E-state index in [2.05, 4.69) is 17.2 Å². The highest BCUT2D eigenvalue weighted by Gasteiger charge is 2.15. The van der Waals surface area contributed by atoms with Gasteiger partial charge in [0.05, 0.1) is 11.4 Å². The predicted molar refractivity (Wildman–Crippen MR) is 108 cm³/mol. The van der Waals surface area contributed by atoms with Crippen LogP contribution in [0.1, 0.15) is 27.3 Å². The van der Waals surface area contributed by atoms with Crippen molar-refractivity contribution in [3.05, 3.63) is 83.2 Å². The molecule has 0 atom stereocenters. The van der Waals surface area contributed by atoms with E-state index in [9.17, 15) is 4.79 Å². The van der Waals surface area contributed by atoms with E-state index in [1.807, 2.05) is 72.0 Å². The van der Waals surface area contributed by atoms with Crippen molar-refractivity contribution in [3.8, 4) is 5.69 Å². The van der Waals surface area contributed by atoms with E-state index >= 15 is 0 Å². The first-order valence-corrected chi connectivity index (χ1v) is 9.25. The standard InChI is InChI=1S/C22H26N4O/c1-17-16-18(2)26(24-17)21-10-8-20(9-11-21)22(27)25(15-13-23)14-12-19-6-4-3-5-7-19/h3-11,16H,12-15,23H2,1-2H3. The quantitative estimate of drug-likeness (QED) is 0.702. The van der Waals surface area contributed by atoms with Crippen LogP contribution in [0, 0.1) is 13.8 Å². The number of benzene rings is 2. The predicted octanol–water partition coefficient (Wildman–Crippen LogP) is 3.13. The smallest absolute Gasteiger partial charge is 0.253 e. The minimum Gasteiger partial charge on any atom is -0.337 e. The molecule has 5 heteroatoms. The first-order chi connectivity index (χ1) is 13.1. The maximum atomic E-state index is 12.9.